The molecule has 0 atom stereocenters. The van der Waals surface area contributed by atoms with Gasteiger partial charge in [-0.25, -0.2) is 0 Å². The summed E-state index contributed by atoms with van der Waals surface area (Å²) >= 11 is 0. The molecule has 0 aliphatic carbocycles. The summed E-state index contributed by atoms with van der Waals surface area (Å²) in [6.07, 6.45) is 3.86. The quantitative estimate of drug-likeness (QED) is 0.742. The molecule has 0 aromatic heterocycles. The number of benzene rings is 1. The van der Waals surface area contributed by atoms with Gasteiger partial charge in [-0.3, -0.25) is 4.90 Å². The first-order chi connectivity index (χ1) is 10.3. The van der Waals surface area contributed by atoms with Crippen molar-refractivity contribution in [1.82, 2.24) is 10.2 Å². The molecule has 1 N–H and O–H groups in total. The molecule has 1 heterocycles. The molecule has 3 heteroatoms. The second-order valence-electron chi connectivity index (χ2n) is 6.12. The second kappa shape index (κ2) is 9.06. The maximum Gasteiger partial charge on any atom is 0.0369 e. The zero-order chi connectivity index (χ0) is 14.9. The highest BCUT2D eigenvalue weighted by molar-refractivity contribution is 5.48. The number of unbranched alkanes of at least 4 members (excludes halogenated alkanes) is 1. The van der Waals surface area contributed by atoms with E-state index in [4.69, 9.17) is 0 Å². The molecule has 2 rings (SSSR count). The molecule has 118 valence electrons. The topological polar surface area (TPSA) is 18.5 Å². The van der Waals surface area contributed by atoms with E-state index in [1.165, 1.54) is 56.7 Å². The van der Waals surface area contributed by atoms with Gasteiger partial charge in [0.2, 0.25) is 0 Å². The number of rotatable bonds is 8. The average Bonchev–Trinajstić information content (AvgIpc) is 2.51. The molecule has 21 heavy (non-hydrogen) atoms. The molecule has 1 aromatic rings. The number of nitrogens with one attached hydrogen (secondary N) is 1. The number of hydrogen-bond acceptors (Lipinski definition) is 3. The van der Waals surface area contributed by atoms with Crippen LogP contribution in [0.1, 0.15) is 31.7 Å². The first kappa shape index (κ1) is 16.3. The third-order valence-electron chi connectivity index (χ3n) is 4.24. The lowest BCUT2D eigenvalue weighted by Crippen LogP contribution is -2.46. The van der Waals surface area contributed by atoms with Crippen LogP contribution in [0.2, 0.25) is 0 Å². The Hall–Kier alpha value is -1.06. The van der Waals surface area contributed by atoms with Crippen LogP contribution in [0.25, 0.3) is 0 Å². The zero-order valence-corrected chi connectivity index (χ0v) is 13.8. The van der Waals surface area contributed by atoms with Gasteiger partial charge in [-0.2, -0.15) is 0 Å². The minimum absolute atomic E-state index is 1.16. The fraction of sp³-hybridized carbons (Fsp3) is 0.667. The van der Waals surface area contributed by atoms with Crippen molar-refractivity contribution >= 4 is 5.69 Å². The Labute approximate surface area is 130 Å². The molecule has 0 spiro atoms. The van der Waals surface area contributed by atoms with Gasteiger partial charge in [-0.15, -0.1) is 0 Å². The van der Waals surface area contributed by atoms with E-state index in [2.05, 4.69) is 53.2 Å². The van der Waals surface area contributed by atoms with Crippen molar-refractivity contribution in [2.75, 3.05) is 50.7 Å². The Morgan fingerprint density at radius 3 is 2.57 bits per heavy atom. The fourth-order valence-electron chi connectivity index (χ4n) is 2.94. The van der Waals surface area contributed by atoms with Crippen LogP contribution >= 0.6 is 0 Å². The molecular formula is C18H31N3. The predicted octanol–water partition coefficient (Wildman–Crippen LogP) is 2.90. The highest BCUT2D eigenvalue weighted by atomic mass is 15.3. The molecule has 0 bridgehead atoms. The van der Waals surface area contributed by atoms with E-state index in [1.54, 1.807) is 0 Å². The Morgan fingerprint density at radius 2 is 1.86 bits per heavy atom. The van der Waals surface area contributed by atoms with E-state index in [9.17, 15) is 0 Å². The molecule has 0 radical (unpaired) electrons. The van der Waals surface area contributed by atoms with Crippen LogP contribution in [0.5, 0.6) is 0 Å². The minimum atomic E-state index is 1.16. The summed E-state index contributed by atoms with van der Waals surface area (Å²) in [5.41, 5.74) is 2.74. The molecule has 0 saturated carbocycles. The third kappa shape index (κ3) is 5.68. The van der Waals surface area contributed by atoms with E-state index in [0.717, 1.165) is 19.6 Å². The van der Waals surface area contributed by atoms with Crippen LogP contribution in [0.15, 0.2) is 24.3 Å². The van der Waals surface area contributed by atoms with E-state index in [-0.39, 0.29) is 0 Å². The van der Waals surface area contributed by atoms with Gasteiger partial charge in [0.15, 0.2) is 0 Å². The average molecular weight is 289 g/mol. The summed E-state index contributed by atoms with van der Waals surface area (Å²) in [5, 5.41) is 3.48. The molecular weight excluding hydrogens is 258 g/mol. The van der Waals surface area contributed by atoms with Crippen molar-refractivity contribution in [3.63, 3.8) is 0 Å². The summed E-state index contributed by atoms with van der Waals surface area (Å²) in [6, 6.07) is 8.88. The SMILES string of the molecule is CCCNCCCCN1CCN(c2cccc(C)c2)CC1. The third-order valence-corrected chi connectivity index (χ3v) is 4.24. The van der Waals surface area contributed by atoms with Crippen molar-refractivity contribution in [1.29, 1.82) is 0 Å². The van der Waals surface area contributed by atoms with Crippen molar-refractivity contribution in [3.05, 3.63) is 29.8 Å². The Morgan fingerprint density at radius 1 is 1.05 bits per heavy atom. The Bertz CT molecular complexity index is 397. The van der Waals surface area contributed by atoms with Crippen LogP contribution in [-0.4, -0.2) is 50.7 Å². The lowest BCUT2D eigenvalue weighted by molar-refractivity contribution is 0.252. The number of aryl methyl sites for hydroxylation is 1. The molecule has 1 saturated heterocycles. The summed E-state index contributed by atoms with van der Waals surface area (Å²) in [6.45, 7) is 12.7. The van der Waals surface area contributed by atoms with Gasteiger partial charge in [-0.1, -0.05) is 19.1 Å². The number of nitrogens with zero attached hydrogens (tertiary/aromatic N) is 2. The van der Waals surface area contributed by atoms with Crippen molar-refractivity contribution < 1.29 is 0 Å². The molecule has 0 unspecified atom stereocenters. The van der Waals surface area contributed by atoms with Gasteiger partial charge in [-0.05, 0) is 63.5 Å². The lowest BCUT2D eigenvalue weighted by atomic mass is 10.2. The summed E-state index contributed by atoms with van der Waals surface area (Å²) in [5.74, 6) is 0. The Balaban J connectivity index is 1.62. The van der Waals surface area contributed by atoms with Gasteiger partial charge in [0.1, 0.15) is 0 Å². The van der Waals surface area contributed by atoms with Gasteiger partial charge >= 0.3 is 0 Å². The smallest absolute Gasteiger partial charge is 0.0369 e. The highest BCUT2D eigenvalue weighted by Crippen LogP contribution is 2.17. The molecule has 3 nitrogen and oxygen atoms in total. The summed E-state index contributed by atoms with van der Waals surface area (Å²) in [4.78, 5) is 5.14. The zero-order valence-electron chi connectivity index (χ0n) is 13.8. The highest BCUT2D eigenvalue weighted by Gasteiger charge is 2.16. The van der Waals surface area contributed by atoms with Crippen LogP contribution < -0.4 is 10.2 Å². The van der Waals surface area contributed by atoms with E-state index < -0.39 is 0 Å². The molecule has 0 amide bonds. The van der Waals surface area contributed by atoms with Crippen LogP contribution in [-0.2, 0) is 0 Å². The van der Waals surface area contributed by atoms with Crippen LogP contribution in [0.4, 0.5) is 5.69 Å². The number of anilines is 1. The summed E-state index contributed by atoms with van der Waals surface area (Å²) in [7, 11) is 0. The van der Waals surface area contributed by atoms with Crippen molar-refractivity contribution in [2.45, 2.75) is 33.1 Å². The van der Waals surface area contributed by atoms with Gasteiger partial charge in [0, 0.05) is 31.9 Å². The predicted molar refractivity (Wildman–Crippen MR) is 92.2 cm³/mol. The second-order valence-corrected chi connectivity index (χ2v) is 6.12. The lowest BCUT2D eigenvalue weighted by Gasteiger charge is -2.36. The van der Waals surface area contributed by atoms with E-state index >= 15 is 0 Å². The normalized spacial score (nSPS) is 16.4. The molecule has 1 aliphatic rings. The van der Waals surface area contributed by atoms with E-state index in [0.29, 0.717) is 0 Å². The number of hydrogen-bond donors (Lipinski definition) is 1. The fourth-order valence-corrected chi connectivity index (χ4v) is 2.94. The maximum absolute atomic E-state index is 3.48. The minimum Gasteiger partial charge on any atom is -0.369 e. The van der Waals surface area contributed by atoms with Crippen molar-refractivity contribution in [2.24, 2.45) is 0 Å². The largest absolute Gasteiger partial charge is 0.369 e. The molecule has 1 aromatic carbocycles. The van der Waals surface area contributed by atoms with E-state index in [1.807, 2.05) is 0 Å². The standard InChI is InChI=1S/C18H31N3/c1-3-9-19-10-4-5-11-20-12-14-21(15-13-20)18-8-6-7-17(2)16-18/h6-8,16,19H,3-5,9-15H2,1-2H3. The first-order valence-electron chi connectivity index (χ1n) is 8.54. The first-order valence-corrected chi connectivity index (χ1v) is 8.54. The maximum atomic E-state index is 3.48. The van der Waals surface area contributed by atoms with Gasteiger partial charge in [0.05, 0.1) is 0 Å². The molecule has 1 aliphatic heterocycles. The molecule has 1 fully saturated rings. The van der Waals surface area contributed by atoms with Gasteiger partial charge in [0.25, 0.3) is 0 Å². The Kier molecular flexibility index (Phi) is 7.04. The van der Waals surface area contributed by atoms with Crippen molar-refractivity contribution in [3.8, 4) is 0 Å². The monoisotopic (exact) mass is 289 g/mol. The van der Waals surface area contributed by atoms with Crippen LogP contribution in [0.3, 0.4) is 0 Å². The van der Waals surface area contributed by atoms with Crippen LogP contribution in [0, 0.1) is 6.92 Å². The number of piperazine rings is 1. The van der Waals surface area contributed by atoms with Gasteiger partial charge < -0.3 is 10.2 Å². The summed E-state index contributed by atoms with van der Waals surface area (Å²) < 4.78 is 0.